The molecule has 3 aliphatic rings. The molecule has 7 unspecified atom stereocenters. The largest absolute Gasteiger partial charge is 0.522 e. The molecule has 0 aromatic rings. The number of carbonyl (C=O) groups is 1. The average Bonchev–Trinajstić information content (AvgIpc) is 2.93. The summed E-state index contributed by atoms with van der Waals surface area (Å²) in [6.45, 7) is 0.398. The molecule has 3 fully saturated rings. The Labute approximate surface area is 171 Å². The van der Waals surface area contributed by atoms with E-state index in [1.54, 1.807) is 19.1 Å². The van der Waals surface area contributed by atoms with E-state index in [0.29, 0.717) is 25.8 Å². The number of rotatable bonds is 6. The fraction of sp³-hybridized carbons (Fsp3) is 0.947. The van der Waals surface area contributed by atoms with Gasteiger partial charge < -0.3 is 14.4 Å². The van der Waals surface area contributed by atoms with Gasteiger partial charge in [-0.25, -0.2) is 0 Å². The highest BCUT2D eigenvalue weighted by Gasteiger charge is 2.47. The van der Waals surface area contributed by atoms with E-state index in [1.165, 1.54) is 0 Å². The number of nitrogens with zero attached hydrogens (tertiary/aromatic N) is 1. The zero-order chi connectivity index (χ0) is 21.2. The standard InChI is InChI=1S/C19H30F3NO5S/c1-26-15-8-4-6-13(17(15)27-2)10-23-16(24)11-29(25)18(23)12-5-3-7-14(9-12)28-19(20,21)22/h12-15,17-18H,3-11H2,1-2H3. The minimum atomic E-state index is -4.68. The number of methoxy groups -OCH3 is 2. The Hall–Kier alpha value is -0.710. The molecular formula is C19H30F3NO5S. The van der Waals surface area contributed by atoms with E-state index >= 15 is 0 Å². The zero-order valence-corrected chi connectivity index (χ0v) is 17.7. The van der Waals surface area contributed by atoms with Crippen LogP contribution in [0, 0.1) is 11.8 Å². The van der Waals surface area contributed by atoms with E-state index in [9.17, 15) is 22.2 Å². The Balaban J connectivity index is 1.72. The molecule has 6 nitrogen and oxygen atoms in total. The molecule has 2 saturated carbocycles. The second-order valence-electron chi connectivity index (χ2n) is 8.24. The van der Waals surface area contributed by atoms with Crippen LogP contribution in [-0.4, -0.2) is 71.6 Å². The summed E-state index contributed by atoms with van der Waals surface area (Å²) in [6, 6.07) is 0. The third-order valence-electron chi connectivity index (χ3n) is 6.43. The summed E-state index contributed by atoms with van der Waals surface area (Å²) in [5.74, 6) is -0.469. The number of halogens is 3. The first-order valence-electron chi connectivity index (χ1n) is 10.2. The van der Waals surface area contributed by atoms with Gasteiger partial charge in [0.15, 0.2) is 0 Å². The van der Waals surface area contributed by atoms with Crippen molar-refractivity contribution in [1.82, 2.24) is 4.90 Å². The smallest absolute Gasteiger partial charge is 0.379 e. The summed E-state index contributed by atoms with van der Waals surface area (Å²) in [6.07, 6.45) is -1.44. The Morgan fingerprint density at radius 1 is 1.10 bits per heavy atom. The molecule has 1 heterocycles. The molecule has 7 atom stereocenters. The van der Waals surface area contributed by atoms with Gasteiger partial charge in [0.05, 0.1) is 29.1 Å². The lowest BCUT2D eigenvalue weighted by Crippen LogP contribution is -2.50. The summed E-state index contributed by atoms with van der Waals surface area (Å²) in [4.78, 5) is 14.3. The first-order chi connectivity index (χ1) is 13.7. The normalized spacial score (nSPS) is 39.1. The number of hydrogen-bond donors (Lipinski definition) is 0. The minimum absolute atomic E-state index is 0.0473. The molecule has 2 aliphatic carbocycles. The molecule has 0 bridgehead atoms. The quantitative estimate of drug-likeness (QED) is 0.634. The molecule has 0 spiro atoms. The average molecular weight is 442 g/mol. The molecule has 168 valence electrons. The van der Waals surface area contributed by atoms with Gasteiger partial charge in [-0.2, -0.15) is 0 Å². The Bertz CT molecular complexity index is 605. The monoisotopic (exact) mass is 441 g/mol. The van der Waals surface area contributed by atoms with Crippen LogP contribution in [-0.2, 0) is 29.8 Å². The second kappa shape index (κ2) is 9.62. The van der Waals surface area contributed by atoms with Crippen molar-refractivity contribution in [2.45, 2.75) is 75.0 Å². The van der Waals surface area contributed by atoms with Crippen LogP contribution >= 0.6 is 0 Å². The van der Waals surface area contributed by atoms with Gasteiger partial charge in [-0.15, -0.1) is 13.2 Å². The SMILES string of the molecule is COC1CCCC(CN2C(=O)CS(=O)C2C2CCCC(OC(F)(F)F)C2)C1OC. The molecule has 1 aliphatic heterocycles. The molecule has 0 aromatic heterocycles. The van der Waals surface area contributed by atoms with Crippen molar-refractivity contribution in [3.05, 3.63) is 0 Å². The van der Waals surface area contributed by atoms with E-state index < -0.39 is 28.6 Å². The lowest BCUT2D eigenvalue weighted by Gasteiger charge is -2.41. The Morgan fingerprint density at radius 3 is 2.48 bits per heavy atom. The van der Waals surface area contributed by atoms with Crippen molar-refractivity contribution in [2.75, 3.05) is 26.5 Å². The lowest BCUT2D eigenvalue weighted by atomic mass is 9.83. The summed E-state index contributed by atoms with van der Waals surface area (Å²) < 4.78 is 66.1. The minimum Gasteiger partial charge on any atom is -0.379 e. The van der Waals surface area contributed by atoms with E-state index in [4.69, 9.17) is 9.47 Å². The van der Waals surface area contributed by atoms with E-state index in [2.05, 4.69) is 4.74 Å². The summed E-state index contributed by atoms with van der Waals surface area (Å²) in [5.41, 5.74) is 0. The maximum absolute atomic E-state index is 12.7. The fourth-order valence-electron chi connectivity index (χ4n) is 5.24. The number of amides is 1. The first-order valence-corrected chi connectivity index (χ1v) is 11.6. The number of alkyl halides is 3. The van der Waals surface area contributed by atoms with Crippen molar-refractivity contribution in [3.8, 4) is 0 Å². The Kier molecular flexibility index (Phi) is 7.61. The van der Waals surface area contributed by atoms with Crippen LogP contribution in [0.2, 0.25) is 0 Å². The van der Waals surface area contributed by atoms with Crippen LogP contribution in [0.5, 0.6) is 0 Å². The topological polar surface area (TPSA) is 65.1 Å². The van der Waals surface area contributed by atoms with Crippen molar-refractivity contribution < 1.29 is 36.4 Å². The maximum atomic E-state index is 12.7. The van der Waals surface area contributed by atoms with Crippen molar-refractivity contribution >= 4 is 16.7 Å². The highest BCUT2D eigenvalue weighted by atomic mass is 32.2. The van der Waals surface area contributed by atoms with Crippen LogP contribution < -0.4 is 0 Å². The molecule has 0 N–H and O–H groups in total. The van der Waals surface area contributed by atoms with Gasteiger partial charge in [-0.1, -0.05) is 12.8 Å². The summed E-state index contributed by atoms with van der Waals surface area (Å²) >= 11 is 0. The molecule has 0 radical (unpaired) electrons. The third-order valence-corrected chi connectivity index (χ3v) is 8.14. The van der Waals surface area contributed by atoms with Crippen LogP contribution in [0.3, 0.4) is 0 Å². The van der Waals surface area contributed by atoms with E-state index in [-0.39, 0.29) is 42.1 Å². The van der Waals surface area contributed by atoms with Gasteiger partial charge in [0, 0.05) is 26.7 Å². The molecule has 0 aromatic carbocycles. The fourth-order valence-corrected chi connectivity index (χ4v) is 6.99. The molecular weight excluding hydrogens is 411 g/mol. The van der Waals surface area contributed by atoms with Gasteiger partial charge in [0.25, 0.3) is 0 Å². The number of ether oxygens (including phenoxy) is 3. The van der Waals surface area contributed by atoms with Gasteiger partial charge in [0.1, 0.15) is 11.1 Å². The van der Waals surface area contributed by atoms with Crippen molar-refractivity contribution in [3.63, 3.8) is 0 Å². The van der Waals surface area contributed by atoms with Crippen molar-refractivity contribution in [2.24, 2.45) is 11.8 Å². The highest BCUT2D eigenvalue weighted by molar-refractivity contribution is 7.86. The summed E-state index contributed by atoms with van der Waals surface area (Å²) in [5, 5.41) is -0.553. The number of carbonyl (C=O) groups excluding carboxylic acids is 1. The van der Waals surface area contributed by atoms with Gasteiger partial charge in [0.2, 0.25) is 5.91 Å². The summed E-state index contributed by atoms with van der Waals surface area (Å²) in [7, 11) is 1.84. The van der Waals surface area contributed by atoms with Gasteiger partial charge in [-0.05, 0) is 38.0 Å². The van der Waals surface area contributed by atoms with Crippen LogP contribution in [0.25, 0.3) is 0 Å². The van der Waals surface area contributed by atoms with Gasteiger partial charge >= 0.3 is 6.36 Å². The Morgan fingerprint density at radius 2 is 1.83 bits per heavy atom. The lowest BCUT2D eigenvalue weighted by molar-refractivity contribution is -0.346. The van der Waals surface area contributed by atoms with E-state index in [1.807, 2.05) is 0 Å². The molecule has 10 heteroatoms. The third kappa shape index (κ3) is 5.51. The molecule has 3 rings (SSSR count). The van der Waals surface area contributed by atoms with E-state index in [0.717, 1.165) is 19.3 Å². The second-order valence-corrected chi connectivity index (χ2v) is 9.77. The first kappa shape index (κ1) is 23.0. The zero-order valence-electron chi connectivity index (χ0n) is 16.9. The van der Waals surface area contributed by atoms with Crippen LogP contribution in [0.4, 0.5) is 13.2 Å². The highest BCUT2D eigenvalue weighted by Crippen LogP contribution is 2.38. The molecule has 29 heavy (non-hydrogen) atoms. The van der Waals surface area contributed by atoms with Gasteiger partial charge in [-0.3, -0.25) is 13.7 Å². The van der Waals surface area contributed by atoms with Crippen LogP contribution in [0.15, 0.2) is 0 Å². The van der Waals surface area contributed by atoms with Crippen LogP contribution in [0.1, 0.15) is 44.9 Å². The molecule has 1 saturated heterocycles. The predicted molar refractivity (Wildman–Crippen MR) is 100 cm³/mol. The predicted octanol–water partition coefficient (Wildman–Crippen LogP) is 2.83. The number of hydrogen-bond acceptors (Lipinski definition) is 5. The molecule has 1 amide bonds. The maximum Gasteiger partial charge on any atom is 0.522 e. The van der Waals surface area contributed by atoms with Crippen molar-refractivity contribution in [1.29, 1.82) is 0 Å².